The number of likely N-dealkylation sites (N-methyl/N-ethyl adjacent to an activating group) is 2. The number of rotatable bonds is 10. The Hall–Kier alpha value is -3.45. The predicted molar refractivity (Wildman–Crippen MR) is 161 cm³/mol. The van der Waals surface area contributed by atoms with E-state index in [-0.39, 0.29) is 35.8 Å². The van der Waals surface area contributed by atoms with Gasteiger partial charge in [0.05, 0.1) is 24.3 Å². The van der Waals surface area contributed by atoms with Crippen LogP contribution in [-0.2, 0) is 32.1 Å². The topological polar surface area (TPSA) is 177 Å². The molecule has 1 fully saturated rings. The number of Topliss-reactive ketones (excluding diaryl/α,β-unsaturated/α-hetero) is 2. The minimum absolute atomic E-state index is 0.0389. The monoisotopic (exact) mass is 600 g/mol. The number of hydrogen-bond acceptors (Lipinski definition) is 11. The van der Waals surface area contributed by atoms with Crippen molar-refractivity contribution >= 4 is 28.9 Å². The lowest BCUT2D eigenvalue weighted by atomic mass is 9.57. The molecule has 1 amide bonds. The number of hydrogen-bond donors (Lipinski definition) is 5. The number of carbonyl (C=O) groups excluding carboxylic acids is 3. The molecule has 4 rings (SSSR count). The Labute approximate surface area is 252 Å². The number of ketones is 2. The number of nitrogens with two attached hydrogens (primary N) is 1. The van der Waals surface area contributed by atoms with Gasteiger partial charge in [-0.3, -0.25) is 24.2 Å². The number of primary amides is 1. The fraction of sp³-hybridized carbons (Fsp3) is 0.581. The average molecular weight is 601 g/mol. The highest BCUT2D eigenvalue weighted by Crippen LogP contribution is 2.54. The number of amides is 1. The molecule has 0 aliphatic heterocycles. The van der Waals surface area contributed by atoms with Crippen molar-refractivity contribution in [3.8, 4) is 5.75 Å². The normalized spacial score (nSPS) is 25.4. The maximum absolute atomic E-state index is 14.1. The number of aliphatic hydroxyl groups is 3. The van der Waals surface area contributed by atoms with Gasteiger partial charge in [0.25, 0.3) is 5.91 Å². The van der Waals surface area contributed by atoms with Gasteiger partial charge in [-0.25, -0.2) is 0 Å². The number of anilines is 1. The first-order chi connectivity index (χ1) is 20.1. The summed E-state index contributed by atoms with van der Waals surface area (Å²) in [6.07, 6.45) is 0.374. The zero-order valence-electron chi connectivity index (χ0n) is 26.0. The van der Waals surface area contributed by atoms with Crippen molar-refractivity contribution in [2.45, 2.75) is 57.9 Å². The van der Waals surface area contributed by atoms with E-state index in [0.29, 0.717) is 25.3 Å². The second kappa shape index (κ2) is 11.9. The second-order valence-corrected chi connectivity index (χ2v) is 12.4. The first kappa shape index (κ1) is 32.5. The number of fused-ring (bicyclic) bond motifs is 3. The number of aliphatic hydroxyl groups excluding tert-OH is 2. The van der Waals surface area contributed by atoms with E-state index in [4.69, 9.17) is 10.5 Å². The van der Waals surface area contributed by atoms with E-state index in [1.165, 1.54) is 4.90 Å². The Morgan fingerprint density at radius 2 is 1.81 bits per heavy atom. The number of phenols is 1. The molecule has 1 aromatic rings. The number of ether oxygens (including phenoxy) is 1. The molecule has 0 saturated heterocycles. The summed E-state index contributed by atoms with van der Waals surface area (Å²) in [5.74, 6) is -6.65. The van der Waals surface area contributed by atoms with Crippen LogP contribution < -0.4 is 10.6 Å². The summed E-state index contributed by atoms with van der Waals surface area (Å²) in [4.78, 5) is 45.1. The Balaban J connectivity index is 1.86. The fourth-order valence-electron chi connectivity index (χ4n) is 7.05. The van der Waals surface area contributed by atoms with E-state index in [1.807, 2.05) is 39.8 Å². The lowest BCUT2D eigenvalue weighted by Gasteiger charge is -2.50. The van der Waals surface area contributed by atoms with Gasteiger partial charge in [0.2, 0.25) is 5.78 Å². The zero-order chi connectivity index (χ0) is 32.1. The van der Waals surface area contributed by atoms with Crippen molar-refractivity contribution in [2.24, 2.45) is 17.6 Å². The standard InChI is InChI=1S/C31H44N4O8/c1-8-35(9-10-43-15(2)3)14-17-13-20(36)22-18(24(17)33(4)5)11-16-12-19-25(34(6)7)27(38)23(30(32)41)29(40)31(19,42)28(39)21(16)26(22)37/h13,15-16,19,25,36-37,40,42H,8-12,14H2,1-7H3,(H2,32,41)/t16-,19-,25-,31-/m0/s1. The Kier molecular flexibility index (Phi) is 8.99. The van der Waals surface area contributed by atoms with Crippen LogP contribution in [0.5, 0.6) is 5.75 Å². The number of carbonyl (C=O) groups is 3. The molecule has 6 N–H and O–H groups in total. The van der Waals surface area contributed by atoms with Crippen LogP contribution in [0.2, 0.25) is 0 Å². The maximum atomic E-state index is 14.1. The molecule has 43 heavy (non-hydrogen) atoms. The number of nitrogens with zero attached hydrogens (tertiary/aromatic N) is 3. The number of phenolic OH excluding ortho intramolecular Hbond substituents is 1. The molecule has 12 heteroatoms. The molecule has 3 aliphatic carbocycles. The van der Waals surface area contributed by atoms with Gasteiger partial charge < -0.3 is 35.8 Å². The smallest absolute Gasteiger partial charge is 0.255 e. The molecule has 0 unspecified atom stereocenters. The minimum Gasteiger partial charge on any atom is -0.508 e. The van der Waals surface area contributed by atoms with E-state index in [0.717, 1.165) is 17.8 Å². The quantitative estimate of drug-likeness (QED) is 0.245. The summed E-state index contributed by atoms with van der Waals surface area (Å²) in [5.41, 5.74) is 4.07. The third-order valence-electron chi connectivity index (χ3n) is 8.92. The van der Waals surface area contributed by atoms with Crippen LogP contribution in [0.4, 0.5) is 5.69 Å². The van der Waals surface area contributed by atoms with Crippen molar-refractivity contribution in [3.63, 3.8) is 0 Å². The van der Waals surface area contributed by atoms with E-state index >= 15 is 0 Å². The lowest BCUT2D eigenvalue weighted by Crippen LogP contribution is -2.65. The highest BCUT2D eigenvalue weighted by atomic mass is 16.5. The van der Waals surface area contributed by atoms with Crippen molar-refractivity contribution < 1.29 is 39.5 Å². The van der Waals surface area contributed by atoms with Gasteiger partial charge >= 0.3 is 0 Å². The van der Waals surface area contributed by atoms with E-state index in [1.54, 1.807) is 20.2 Å². The summed E-state index contributed by atoms with van der Waals surface area (Å²) in [7, 11) is 6.89. The Morgan fingerprint density at radius 1 is 1.16 bits per heavy atom. The molecule has 1 aromatic carbocycles. The molecule has 1 saturated carbocycles. The van der Waals surface area contributed by atoms with Crippen molar-refractivity contribution in [1.82, 2.24) is 9.80 Å². The molecule has 4 atom stereocenters. The molecule has 0 spiro atoms. The summed E-state index contributed by atoms with van der Waals surface area (Å²) in [6.45, 7) is 8.46. The summed E-state index contributed by atoms with van der Waals surface area (Å²) in [6, 6.07) is 0.447. The second-order valence-electron chi connectivity index (χ2n) is 12.4. The van der Waals surface area contributed by atoms with Crippen LogP contribution in [0, 0.1) is 11.8 Å². The summed E-state index contributed by atoms with van der Waals surface area (Å²) < 4.78 is 5.73. The summed E-state index contributed by atoms with van der Waals surface area (Å²) in [5, 5.41) is 45.6. The van der Waals surface area contributed by atoms with E-state index in [9.17, 15) is 34.8 Å². The molecule has 0 bridgehead atoms. The predicted octanol–water partition coefficient (Wildman–Crippen LogP) is 1.28. The van der Waals surface area contributed by atoms with Crippen molar-refractivity contribution in [3.05, 3.63) is 39.7 Å². The molecular formula is C31H44N4O8. The molecule has 3 aliphatic rings. The number of benzene rings is 1. The fourth-order valence-corrected chi connectivity index (χ4v) is 7.05. The van der Waals surface area contributed by atoms with Gasteiger partial charge in [-0.1, -0.05) is 6.92 Å². The maximum Gasteiger partial charge on any atom is 0.255 e. The average Bonchev–Trinajstić information content (AvgIpc) is 2.89. The third-order valence-corrected chi connectivity index (χ3v) is 8.92. The van der Waals surface area contributed by atoms with Crippen LogP contribution in [-0.4, -0.2) is 113 Å². The largest absolute Gasteiger partial charge is 0.508 e. The molecule has 12 nitrogen and oxygen atoms in total. The highest BCUT2D eigenvalue weighted by molar-refractivity contribution is 6.24. The molecular weight excluding hydrogens is 556 g/mol. The van der Waals surface area contributed by atoms with Gasteiger partial charge in [-0.15, -0.1) is 0 Å². The van der Waals surface area contributed by atoms with Crippen LogP contribution >= 0.6 is 0 Å². The van der Waals surface area contributed by atoms with E-state index < -0.39 is 58.0 Å². The van der Waals surface area contributed by atoms with Crippen molar-refractivity contribution in [1.29, 1.82) is 0 Å². The third kappa shape index (κ3) is 5.30. The molecule has 0 aromatic heterocycles. The van der Waals surface area contributed by atoms with Crippen LogP contribution in [0.25, 0.3) is 5.76 Å². The molecule has 0 heterocycles. The lowest BCUT2D eigenvalue weighted by molar-refractivity contribution is -0.153. The van der Waals surface area contributed by atoms with Gasteiger partial charge in [-0.05, 0) is 70.4 Å². The Morgan fingerprint density at radius 3 is 2.35 bits per heavy atom. The first-order valence-electron chi connectivity index (χ1n) is 14.6. The SMILES string of the molecule is CCN(CCOC(C)C)Cc1cc(O)c2c(c1N(C)C)C[C@H]1C[C@H]3[C@H](N(C)C)C(=O)C(C(N)=O)=C(O)[C@@]3(O)C(=O)C1=C2O. The van der Waals surface area contributed by atoms with Crippen LogP contribution in [0.3, 0.4) is 0 Å². The zero-order valence-corrected chi connectivity index (χ0v) is 26.0. The van der Waals surface area contributed by atoms with Crippen LogP contribution in [0.15, 0.2) is 23.0 Å². The summed E-state index contributed by atoms with van der Waals surface area (Å²) >= 11 is 0. The van der Waals surface area contributed by atoms with Crippen LogP contribution in [0.1, 0.15) is 43.9 Å². The van der Waals surface area contributed by atoms with Gasteiger partial charge in [0.1, 0.15) is 22.8 Å². The van der Waals surface area contributed by atoms with Gasteiger partial charge in [-0.2, -0.15) is 0 Å². The first-order valence-corrected chi connectivity index (χ1v) is 14.6. The van der Waals surface area contributed by atoms with Gasteiger partial charge in [0.15, 0.2) is 11.4 Å². The minimum atomic E-state index is -2.66. The molecule has 236 valence electrons. The van der Waals surface area contributed by atoms with Gasteiger partial charge in [0, 0.05) is 44.4 Å². The Bertz CT molecular complexity index is 1400. The highest BCUT2D eigenvalue weighted by Gasteiger charge is 2.64. The van der Waals surface area contributed by atoms with E-state index in [2.05, 4.69) is 4.90 Å². The number of aromatic hydroxyl groups is 1. The van der Waals surface area contributed by atoms with Crippen molar-refractivity contribution in [2.75, 3.05) is 52.8 Å². The molecule has 0 radical (unpaired) electrons.